The Morgan fingerprint density at radius 1 is 1.00 bits per heavy atom. The number of carbonyl (C=O) groups excluding carboxylic acids is 1. The quantitative estimate of drug-likeness (QED) is 0.256. The van der Waals surface area contributed by atoms with Crippen molar-refractivity contribution >= 4 is 29.1 Å². The Morgan fingerprint density at radius 2 is 1.75 bits per heavy atom. The number of pyridine rings is 1. The molecule has 0 radical (unpaired) electrons. The van der Waals surface area contributed by atoms with Gasteiger partial charge < -0.3 is 16.5 Å². The summed E-state index contributed by atoms with van der Waals surface area (Å²) in [5.41, 5.74) is 10.9. The molecule has 4 N–H and O–H groups in total. The van der Waals surface area contributed by atoms with Gasteiger partial charge in [0.2, 0.25) is 0 Å². The van der Waals surface area contributed by atoms with Gasteiger partial charge in [0.25, 0.3) is 11.5 Å². The molecule has 40 heavy (non-hydrogen) atoms. The molecule has 5 aromatic rings. The smallest absolute Gasteiger partial charge is 0.267 e. The van der Waals surface area contributed by atoms with Crippen molar-refractivity contribution in [3.05, 3.63) is 107 Å². The average Bonchev–Trinajstić information content (AvgIpc) is 3.39. The summed E-state index contributed by atoms with van der Waals surface area (Å²) in [5, 5.41) is 15.0. The third-order valence-electron chi connectivity index (χ3n) is 7.72. The number of amides is 1. The third kappa shape index (κ3) is 4.66. The Hall–Kier alpha value is -5.05. The second-order valence-electron chi connectivity index (χ2n) is 10.1. The number of para-hydroxylation sites is 1. The minimum Gasteiger partial charge on any atom is -0.382 e. The first-order valence-electron chi connectivity index (χ1n) is 13.3. The number of carbonyl (C=O) groups is 1. The molecule has 0 bridgehead atoms. The maximum Gasteiger partial charge on any atom is 0.267 e. The van der Waals surface area contributed by atoms with Gasteiger partial charge in [-0.05, 0) is 85.8 Å². The van der Waals surface area contributed by atoms with E-state index < -0.39 is 5.91 Å². The molecular formula is C31H29N7O2. The second kappa shape index (κ2) is 10.6. The van der Waals surface area contributed by atoms with Crippen LogP contribution in [0.4, 0.5) is 11.5 Å². The van der Waals surface area contributed by atoms with Crippen LogP contribution in [0.1, 0.15) is 47.7 Å². The molecule has 0 spiro atoms. The van der Waals surface area contributed by atoms with Gasteiger partial charge in [-0.2, -0.15) is 5.10 Å². The molecule has 0 aliphatic heterocycles. The number of anilines is 2. The molecule has 200 valence electrons. The molecule has 1 aliphatic rings. The molecule has 9 nitrogen and oxygen atoms in total. The fourth-order valence-electron chi connectivity index (χ4n) is 5.58. The number of hydrogen-bond acceptors (Lipinski definition) is 6. The largest absolute Gasteiger partial charge is 0.382 e. The number of hydrogen-bond donors (Lipinski definition) is 3. The molecule has 1 aliphatic carbocycles. The zero-order chi connectivity index (χ0) is 27.6. The van der Waals surface area contributed by atoms with Crippen LogP contribution in [0.15, 0.2) is 90.1 Å². The lowest BCUT2D eigenvalue weighted by Gasteiger charge is -2.25. The van der Waals surface area contributed by atoms with E-state index in [1.54, 1.807) is 18.5 Å². The average molecular weight is 532 g/mol. The number of aromatic nitrogens is 4. The van der Waals surface area contributed by atoms with Crippen LogP contribution in [-0.4, -0.2) is 31.3 Å². The summed E-state index contributed by atoms with van der Waals surface area (Å²) in [6.45, 7) is 0. The van der Waals surface area contributed by atoms with Gasteiger partial charge in [-0.3, -0.25) is 14.2 Å². The molecule has 3 heterocycles. The summed E-state index contributed by atoms with van der Waals surface area (Å²) in [7, 11) is 0. The predicted molar refractivity (Wildman–Crippen MR) is 156 cm³/mol. The Morgan fingerprint density at radius 3 is 2.48 bits per heavy atom. The second-order valence-corrected chi connectivity index (χ2v) is 10.1. The van der Waals surface area contributed by atoms with Crippen LogP contribution in [0.3, 0.4) is 0 Å². The van der Waals surface area contributed by atoms with Gasteiger partial charge in [-0.1, -0.05) is 30.3 Å². The summed E-state index contributed by atoms with van der Waals surface area (Å²) in [6.07, 6.45) is 8.65. The molecular weight excluding hydrogens is 502 g/mol. The van der Waals surface area contributed by atoms with Crippen LogP contribution in [0.5, 0.6) is 0 Å². The van der Waals surface area contributed by atoms with Crippen LogP contribution >= 0.6 is 0 Å². The maximum atomic E-state index is 13.0. The van der Waals surface area contributed by atoms with Gasteiger partial charge in [-0.15, -0.1) is 0 Å². The molecule has 6 rings (SSSR count). The van der Waals surface area contributed by atoms with Crippen LogP contribution in [-0.2, 0) is 0 Å². The van der Waals surface area contributed by atoms with E-state index in [9.17, 15) is 9.59 Å². The normalized spacial score (nSPS) is 17.0. The van der Waals surface area contributed by atoms with E-state index in [1.807, 2.05) is 59.1 Å². The van der Waals surface area contributed by atoms with E-state index in [2.05, 4.69) is 21.5 Å². The number of nitrogens with zero attached hydrogens (tertiary/aromatic N) is 4. The van der Waals surface area contributed by atoms with E-state index in [0.29, 0.717) is 29.0 Å². The fourth-order valence-corrected chi connectivity index (χ4v) is 5.58. The van der Waals surface area contributed by atoms with E-state index in [4.69, 9.17) is 11.1 Å². The molecule has 0 atom stereocenters. The highest BCUT2D eigenvalue weighted by atomic mass is 16.2. The van der Waals surface area contributed by atoms with Gasteiger partial charge in [0.1, 0.15) is 17.4 Å². The van der Waals surface area contributed by atoms with E-state index in [0.717, 1.165) is 48.0 Å². The van der Waals surface area contributed by atoms with Crippen LogP contribution in [0.25, 0.3) is 22.3 Å². The molecule has 1 fully saturated rings. The minimum atomic E-state index is -0.474. The first-order valence-corrected chi connectivity index (χ1v) is 13.3. The van der Waals surface area contributed by atoms with Crippen LogP contribution in [0.2, 0.25) is 0 Å². The Bertz CT molecular complexity index is 1750. The molecule has 2 aromatic carbocycles. The van der Waals surface area contributed by atoms with Crippen molar-refractivity contribution in [3.8, 4) is 16.8 Å². The van der Waals surface area contributed by atoms with Crippen molar-refractivity contribution in [1.82, 2.24) is 19.2 Å². The SMILES string of the molecule is N=CC1CCC(c2cc(-c3ccc(NC(=O)c4cccn(-c5ccccc5)c4=O)cc3)c3c(N)ncnn23)CC1. The zero-order valence-electron chi connectivity index (χ0n) is 21.8. The van der Waals surface area contributed by atoms with Crippen LogP contribution < -0.4 is 16.6 Å². The highest BCUT2D eigenvalue weighted by Crippen LogP contribution is 2.39. The standard InChI is InChI=1S/C31H29N7O2/c32-18-20-8-10-22(11-9-20)27-17-26(28-29(33)34-19-35-38(27)28)21-12-14-23(15-13-21)36-30(39)25-7-4-16-37(31(25)40)24-5-2-1-3-6-24/h1-7,12-20,22,32H,8-11H2,(H,36,39)(H2,33,34,35). The number of nitrogens with one attached hydrogen (secondary N) is 2. The van der Waals surface area contributed by atoms with Gasteiger partial charge in [-0.25, -0.2) is 9.50 Å². The van der Waals surface area contributed by atoms with Crippen molar-refractivity contribution in [3.63, 3.8) is 0 Å². The summed E-state index contributed by atoms with van der Waals surface area (Å²) in [6, 6.07) is 22.0. The maximum absolute atomic E-state index is 13.0. The van der Waals surface area contributed by atoms with Gasteiger partial charge >= 0.3 is 0 Å². The highest BCUT2D eigenvalue weighted by Gasteiger charge is 2.26. The van der Waals surface area contributed by atoms with Gasteiger partial charge in [0.05, 0.1) is 0 Å². The summed E-state index contributed by atoms with van der Waals surface area (Å²) < 4.78 is 3.35. The van der Waals surface area contributed by atoms with Crippen molar-refractivity contribution in [2.45, 2.75) is 31.6 Å². The first kappa shape index (κ1) is 25.2. The van der Waals surface area contributed by atoms with Crippen molar-refractivity contribution in [1.29, 1.82) is 5.41 Å². The topological polar surface area (TPSA) is 131 Å². The Labute approximate surface area is 230 Å². The van der Waals surface area contributed by atoms with Crippen molar-refractivity contribution in [2.24, 2.45) is 5.92 Å². The fraction of sp³-hybridized carbons (Fsp3) is 0.194. The Kier molecular flexibility index (Phi) is 6.69. The van der Waals surface area contributed by atoms with Crippen molar-refractivity contribution < 1.29 is 4.79 Å². The third-order valence-corrected chi connectivity index (χ3v) is 7.72. The number of benzene rings is 2. The van der Waals surface area contributed by atoms with Crippen LogP contribution in [0, 0.1) is 11.3 Å². The lowest BCUT2D eigenvalue weighted by atomic mass is 9.81. The van der Waals surface area contributed by atoms with E-state index in [1.165, 1.54) is 17.0 Å². The van der Waals surface area contributed by atoms with Gasteiger partial charge in [0, 0.05) is 34.7 Å². The zero-order valence-corrected chi connectivity index (χ0v) is 21.8. The monoisotopic (exact) mass is 531 g/mol. The van der Waals surface area contributed by atoms with E-state index in [-0.39, 0.29) is 11.1 Å². The molecule has 1 amide bonds. The van der Waals surface area contributed by atoms with Crippen molar-refractivity contribution in [2.75, 3.05) is 11.1 Å². The van der Waals surface area contributed by atoms with Gasteiger partial charge in [0.15, 0.2) is 5.82 Å². The number of nitrogen functional groups attached to an aromatic ring is 1. The number of rotatable bonds is 6. The van der Waals surface area contributed by atoms with E-state index >= 15 is 0 Å². The first-order chi connectivity index (χ1) is 19.5. The highest BCUT2D eigenvalue weighted by molar-refractivity contribution is 6.04. The molecule has 0 saturated heterocycles. The molecule has 9 heteroatoms. The predicted octanol–water partition coefficient (Wildman–Crippen LogP) is 5.31. The number of nitrogens with two attached hydrogens (primary N) is 1. The summed E-state index contributed by atoms with van der Waals surface area (Å²) in [5.74, 6) is 0.607. The summed E-state index contributed by atoms with van der Waals surface area (Å²) in [4.78, 5) is 30.3. The minimum absolute atomic E-state index is 0.0566. The molecule has 1 saturated carbocycles. The lowest BCUT2D eigenvalue weighted by molar-refractivity contribution is 0.102. The molecule has 3 aromatic heterocycles. The Balaban J connectivity index is 1.27. The lowest BCUT2D eigenvalue weighted by Crippen LogP contribution is -2.27. The molecule has 0 unspecified atom stereocenters. The summed E-state index contributed by atoms with van der Waals surface area (Å²) >= 11 is 0. The number of fused-ring (bicyclic) bond motifs is 1.